The van der Waals surface area contributed by atoms with Crippen molar-refractivity contribution in [1.29, 1.82) is 0 Å². The maximum absolute atomic E-state index is 6.78. The van der Waals surface area contributed by atoms with Crippen LogP contribution in [0, 0.1) is 0 Å². The lowest BCUT2D eigenvalue weighted by Crippen LogP contribution is -2.38. The molecule has 0 saturated heterocycles. The first kappa shape index (κ1) is 36.2. The molecule has 2 unspecified atom stereocenters. The third-order valence-corrected chi connectivity index (χ3v) is 10.6. The lowest BCUT2D eigenvalue weighted by Gasteiger charge is -2.27. The summed E-state index contributed by atoms with van der Waals surface area (Å²) in [5.74, 6) is 4.08. The molecule has 9 heterocycles. The Labute approximate surface area is 323 Å². The van der Waals surface area contributed by atoms with Crippen molar-refractivity contribution in [2.24, 2.45) is 0 Å². The number of hydrogen-bond acceptors (Lipinski definition) is 15. The maximum Gasteiger partial charge on any atom is 0.241 e. The van der Waals surface area contributed by atoms with E-state index in [4.69, 9.17) is 28.4 Å². The molecule has 2 atom stereocenters. The Bertz CT molecular complexity index is 2320. The average molecular weight is 769 g/mol. The Kier molecular flexibility index (Phi) is 10.1. The van der Waals surface area contributed by atoms with Crippen LogP contribution in [0.5, 0.6) is 34.9 Å². The summed E-state index contributed by atoms with van der Waals surface area (Å²) in [6, 6.07) is 0. The predicted molar refractivity (Wildman–Crippen MR) is 206 cm³/mol. The van der Waals surface area contributed by atoms with Crippen molar-refractivity contribution in [1.82, 2.24) is 58.3 Å². The van der Waals surface area contributed by atoms with E-state index in [1.54, 1.807) is 25.0 Å². The summed E-state index contributed by atoms with van der Waals surface area (Å²) in [5.41, 5.74) is 3.91. The van der Waals surface area contributed by atoms with Crippen LogP contribution < -0.4 is 28.4 Å². The van der Waals surface area contributed by atoms with Crippen molar-refractivity contribution in [3.05, 3.63) is 37.4 Å². The minimum atomic E-state index is -0.246. The number of hydrogen-bond donors (Lipinski definition) is 0. The maximum atomic E-state index is 6.78. The van der Waals surface area contributed by atoms with Crippen LogP contribution in [0.2, 0.25) is 0 Å². The summed E-state index contributed by atoms with van der Waals surface area (Å²) in [4.78, 5) is 33.7. The minimum absolute atomic E-state index is 0.110. The molecule has 9 rings (SSSR count). The van der Waals surface area contributed by atoms with Gasteiger partial charge in [-0.3, -0.25) is 14.0 Å². The Hall–Kier alpha value is -5.46. The molecule has 0 radical (unpaired) electrons. The zero-order valence-corrected chi connectivity index (χ0v) is 32.3. The van der Waals surface area contributed by atoms with E-state index in [2.05, 4.69) is 86.5 Å². The molecule has 0 saturated carbocycles. The first-order valence-electron chi connectivity index (χ1n) is 19.3. The minimum Gasteiger partial charge on any atom is -0.486 e. The van der Waals surface area contributed by atoms with Crippen LogP contribution in [0.25, 0.3) is 33.2 Å². The normalized spacial score (nSPS) is 18.3. The van der Waals surface area contributed by atoms with Crippen LogP contribution in [-0.2, 0) is 19.6 Å². The van der Waals surface area contributed by atoms with Crippen molar-refractivity contribution in [3.8, 4) is 34.9 Å². The summed E-state index contributed by atoms with van der Waals surface area (Å²) < 4.78 is 44.7. The summed E-state index contributed by atoms with van der Waals surface area (Å²) in [6.45, 7) is 7.12. The largest absolute Gasteiger partial charge is 0.486 e. The van der Waals surface area contributed by atoms with Gasteiger partial charge in [0.05, 0.1) is 43.5 Å². The topological polar surface area (TPSA) is 157 Å². The Morgan fingerprint density at radius 1 is 0.643 bits per heavy atom. The Balaban J connectivity index is 0.888. The molecule has 0 fully saturated rings. The van der Waals surface area contributed by atoms with Crippen molar-refractivity contribution >= 4 is 33.2 Å². The lowest BCUT2D eigenvalue weighted by atomic mass is 10.2. The molecule has 0 spiro atoms. The predicted octanol–water partition coefficient (Wildman–Crippen LogP) is 2.92. The molecular formula is C38H48N12O6. The smallest absolute Gasteiger partial charge is 0.241 e. The number of likely N-dealkylation sites (N-methyl/N-ethyl adjacent to an activating group) is 3. The van der Waals surface area contributed by atoms with Gasteiger partial charge in [-0.1, -0.05) is 0 Å². The summed E-state index contributed by atoms with van der Waals surface area (Å²) in [6.07, 6.45) is 12.0. The Morgan fingerprint density at radius 2 is 1.36 bits per heavy atom. The van der Waals surface area contributed by atoms with Gasteiger partial charge in [-0.05, 0) is 28.2 Å². The summed E-state index contributed by atoms with van der Waals surface area (Å²) in [7, 11) is 8.27. The second kappa shape index (κ2) is 15.6. The molecule has 18 heteroatoms. The van der Waals surface area contributed by atoms with Gasteiger partial charge in [0.25, 0.3) is 0 Å². The van der Waals surface area contributed by atoms with Crippen LogP contribution >= 0.6 is 0 Å². The van der Waals surface area contributed by atoms with E-state index in [1.165, 1.54) is 0 Å². The van der Waals surface area contributed by atoms with Crippen molar-refractivity contribution in [3.63, 3.8) is 0 Å². The van der Waals surface area contributed by atoms with Crippen LogP contribution in [0.3, 0.4) is 0 Å². The van der Waals surface area contributed by atoms with Gasteiger partial charge in [-0.2, -0.15) is 0 Å². The van der Waals surface area contributed by atoms with Gasteiger partial charge in [0.15, 0.2) is 23.1 Å². The Morgan fingerprint density at radius 3 is 2.25 bits per heavy atom. The molecule has 3 aliphatic heterocycles. The molecule has 56 heavy (non-hydrogen) atoms. The number of rotatable bonds is 12. The number of nitrogens with zero attached hydrogens (tertiary/aromatic N) is 12. The highest BCUT2D eigenvalue weighted by Gasteiger charge is 2.32. The molecule has 3 aliphatic rings. The molecule has 6 aromatic rings. The molecule has 6 aromatic heterocycles. The standard InChI is InChI=1S/C38H48N12O6/c1-45(2)10-13-50-35-30(41-8-9-42-35)33-38(50)54-19-7-28(56-33)47(4)12-15-49-34-26(20-39-24-44-34)31-36(49)53-18-6-25(55-31)22-46(3)11-14-48-27-21-40-23-43-29(27)32-37(48)52-17-5-16-51-32/h8-9,20-21,23-25,28H,5-7,10-19,22H2,1-4H3. The van der Waals surface area contributed by atoms with Gasteiger partial charge in [0, 0.05) is 83.7 Å². The first-order valence-corrected chi connectivity index (χ1v) is 19.3. The molecule has 0 bridgehead atoms. The summed E-state index contributed by atoms with van der Waals surface area (Å²) in [5, 5.41) is 0.825. The van der Waals surface area contributed by atoms with Gasteiger partial charge in [0.1, 0.15) is 29.9 Å². The first-order chi connectivity index (χ1) is 27.4. The van der Waals surface area contributed by atoms with Gasteiger partial charge in [-0.15, -0.1) is 0 Å². The van der Waals surface area contributed by atoms with Gasteiger partial charge in [0.2, 0.25) is 29.1 Å². The van der Waals surface area contributed by atoms with E-state index in [1.807, 2.05) is 12.4 Å². The van der Waals surface area contributed by atoms with Crippen LogP contribution in [-0.4, -0.2) is 151 Å². The second-order valence-corrected chi connectivity index (χ2v) is 14.8. The van der Waals surface area contributed by atoms with Crippen LogP contribution in [0.15, 0.2) is 37.4 Å². The van der Waals surface area contributed by atoms with Crippen molar-refractivity contribution in [2.75, 3.05) is 80.8 Å². The average Bonchev–Trinajstić information content (AvgIpc) is 3.47. The lowest BCUT2D eigenvalue weighted by molar-refractivity contribution is 0.0379. The van der Waals surface area contributed by atoms with E-state index in [9.17, 15) is 0 Å². The molecule has 18 nitrogen and oxygen atoms in total. The molecule has 0 aromatic carbocycles. The third-order valence-electron chi connectivity index (χ3n) is 10.6. The number of fused-ring (bicyclic) bond motifs is 9. The fraction of sp³-hybridized carbons (Fsp3) is 0.526. The second-order valence-electron chi connectivity index (χ2n) is 14.8. The van der Waals surface area contributed by atoms with E-state index < -0.39 is 0 Å². The highest BCUT2D eigenvalue weighted by Crippen LogP contribution is 2.43. The molecule has 0 aliphatic carbocycles. The summed E-state index contributed by atoms with van der Waals surface area (Å²) >= 11 is 0. The quantitative estimate of drug-likeness (QED) is 0.179. The molecule has 0 N–H and O–H groups in total. The molecule has 0 amide bonds. The highest BCUT2D eigenvalue weighted by molar-refractivity contribution is 5.87. The zero-order chi connectivity index (χ0) is 38.2. The highest BCUT2D eigenvalue weighted by atomic mass is 16.6. The molecule has 296 valence electrons. The van der Waals surface area contributed by atoms with Gasteiger partial charge >= 0.3 is 0 Å². The van der Waals surface area contributed by atoms with Gasteiger partial charge in [-0.25, -0.2) is 29.9 Å². The van der Waals surface area contributed by atoms with Crippen LogP contribution in [0.1, 0.15) is 19.3 Å². The monoisotopic (exact) mass is 768 g/mol. The van der Waals surface area contributed by atoms with E-state index in [0.717, 1.165) is 59.5 Å². The fourth-order valence-corrected chi connectivity index (χ4v) is 7.70. The molecular weight excluding hydrogens is 720 g/mol. The number of ether oxygens (including phenoxy) is 6. The van der Waals surface area contributed by atoms with E-state index in [0.29, 0.717) is 100 Å². The third kappa shape index (κ3) is 6.85. The fourth-order valence-electron chi connectivity index (χ4n) is 7.70. The van der Waals surface area contributed by atoms with Gasteiger partial charge < -0.3 is 42.8 Å². The zero-order valence-electron chi connectivity index (χ0n) is 32.3. The van der Waals surface area contributed by atoms with E-state index >= 15 is 0 Å². The SMILES string of the molecule is CN(C)CCn1c2c(c3nccnc31)OC(N(C)CCn1c3c(c4cncnc41)OC(CN(C)CCn1c4c(c5ncncc51)OCCCO4)CCO3)CCO2. The van der Waals surface area contributed by atoms with E-state index in [-0.39, 0.29) is 12.3 Å². The van der Waals surface area contributed by atoms with Crippen molar-refractivity contribution < 1.29 is 28.4 Å². The van der Waals surface area contributed by atoms with Crippen LogP contribution in [0.4, 0.5) is 0 Å². The van der Waals surface area contributed by atoms with Crippen molar-refractivity contribution in [2.45, 2.75) is 51.2 Å². The number of aromatic nitrogens is 9.